The lowest BCUT2D eigenvalue weighted by atomic mass is 9.85. The number of esters is 2. The molecule has 0 aromatic rings. The van der Waals surface area contributed by atoms with Gasteiger partial charge in [0.15, 0.2) is 5.60 Å². The standard InChI is InChI=1S/C18H27NO6/c1-4-11-7-10(2)18(3,23)17(22)24-9-12-13(20)8-19-6-5-14(15(12)19)25-16(11)21/h4,10,12-15,20,23H,5-9H2,1-3H3/b11-4+/t10-,12+,13+,14+,15-,18+/m0/s1. The van der Waals surface area contributed by atoms with Crippen LogP contribution in [-0.2, 0) is 19.1 Å². The number of hydrogen-bond donors (Lipinski definition) is 2. The summed E-state index contributed by atoms with van der Waals surface area (Å²) in [7, 11) is 0. The lowest BCUT2D eigenvalue weighted by Gasteiger charge is -2.32. The fourth-order valence-corrected chi connectivity index (χ4v) is 4.13. The first-order valence-electron chi connectivity index (χ1n) is 8.93. The molecule has 0 unspecified atom stereocenters. The molecule has 25 heavy (non-hydrogen) atoms. The van der Waals surface area contributed by atoms with E-state index in [2.05, 4.69) is 4.90 Å². The minimum Gasteiger partial charge on any atom is -0.463 e. The molecule has 0 amide bonds. The van der Waals surface area contributed by atoms with Crippen LogP contribution in [0.15, 0.2) is 11.6 Å². The number of cyclic esters (lactones) is 1. The van der Waals surface area contributed by atoms with Crippen LogP contribution in [0.2, 0.25) is 0 Å². The molecule has 0 bridgehead atoms. The summed E-state index contributed by atoms with van der Waals surface area (Å²) >= 11 is 0. The second-order valence-electron chi connectivity index (χ2n) is 7.61. The van der Waals surface area contributed by atoms with Gasteiger partial charge in [0.1, 0.15) is 6.10 Å². The Hall–Kier alpha value is -1.44. The number of allylic oxidation sites excluding steroid dienone is 1. The summed E-state index contributed by atoms with van der Waals surface area (Å²) in [4.78, 5) is 27.1. The molecule has 0 aliphatic carbocycles. The van der Waals surface area contributed by atoms with E-state index in [4.69, 9.17) is 9.47 Å². The molecule has 0 saturated carbocycles. The molecule has 2 N–H and O–H groups in total. The highest BCUT2D eigenvalue weighted by Crippen LogP contribution is 2.37. The van der Waals surface area contributed by atoms with Gasteiger partial charge in [-0.1, -0.05) is 13.0 Å². The quantitative estimate of drug-likeness (QED) is 0.476. The van der Waals surface area contributed by atoms with Gasteiger partial charge in [-0.2, -0.15) is 0 Å². The van der Waals surface area contributed by atoms with E-state index in [1.807, 2.05) is 0 Å². The number of nitrogens with zero attached hydrogens (tertiary/aromatic N) is 1. The molecular formula is C18H27NO6. The second kappa shape index (κ2) is 6.70. The summed E-state index contributed by atoms with van der Waals surface area (Å²) in [6.07, 6.45) is 1.63. The average Bonchev–Trinajstić information content (AvgIpc) is 3.08. The topological polar surface area (TPSA) is 96.3 Å². The number of aliphatic hydroxyl groups is 2. The third kappa shape index (κ3) is 3.20. The highest BCUT2D eigenvalue weighted by Gasteiger charge is 2.51. The Bertz CT molecular complexity index is 586. The molecule has 3 fully saturated rings. The lowest BCUT2D eigenvalue weighted by molar-refractivity contribution is -0.173. The van der Waals surface area contributed by atoms with E-state index in [0.29, 0.717) is 18.5 Å². The predicted octanol–water partition coefficient (Wildman–Crippen LogP) is 0.243. The Labute approximate surface area is 147 Å². The van der Waals surface area contributed by atoms with Crippen LogP contribution >= 0.6 is 0 Å². The van der Waals surface area contributed by atoms with Crippen molar-refractivity contribution >= 4 is 11.9 Å². The summed E-state index contributed by atoms with van der Waals surface area (Å²) in [5, 5.41) is 20.9. The van der Waals surface area contributed by atoms with Crippen molar-refractivity contribution in [1.82, 2.24) is 4.90 Å². The molecule has 7 heteroatoms. The van der Waals surface area contributed by atoms with Gasteiger partial charge in [0.25, 0.3) is 0 Å². The lowest BCUT2D eigenvalue weighted by Crippen LogP contribution is -2.47. The molecule has 0 radical (unpaired) electrons. The Morgan fingerprint density at radius 2 is 2.08 bits per heavy atom. The van der Waals surface area contributed by atoms with Gasteiger partial charge in [0.2, 0.25) is 0 Å². The van der Waals surface area contributed by atoms with Crippen LogP contribution in [0.3, 0.4) is 0 Å². The third-order valence-electron chi connectivity index (χ3n) is 6.03. The smallest absolute Gasteiger partial charge is 0.338 e. The fourth-order valence-electron chi connectivity index (χ4n) is 4.13. The summed E-state index contributed by atoms with van der Waals surface area (Å²) in [5.41, 5.74) is -1.28. The monoisotopic (exact) mass is 353 g/mol. The maximum Gasteiger partial charge on any atom is 0.338 e. The molecule has 3 rings (SSSR count). The van der Waals surface area contributed by atoms with Crippen LogP contribution in [0.5, 0.6) is 0 Å². The maximum atomic E-state index is 12.6. The largest absolute Gasteiger partial charge is 0.463 e. The Morgan fingerprint density at radius 3 is 2.76 bits per heavy atom. The van der Waals surface area contributed by atoms with E-state index in [-0.39, 0.29) is 31.1 Å². The van der Waals surface area contributed by atoms with Gasteiger partial charge in [-0.15, -0.1) is 0 Å². The average molecular weight is 353 g/mol. The van der Waals surface area contributed by atoms with Crippen LogP contribution in [0.25, 0.3) is 0 Å². The van der Waals surface area contributed by atoms with Gasteiger partial charge in [-0.3, -0.25) is 4.90 Å². The minimum atomic E-state index is -1.72. The zero-order valence-corrected chi connectivity index (χ0v) is 15.0. The Morgan fingerprint density at radius 1 is 1.36 bits per heavy atom. The van der Waals surface area contributed by atoms with Gasteiger partial charge < -0.3 is 19.7 Å². The van der Waals surface area contributed by atoms with Gasteiger partial charge in [-0.25, -0.2) is 9.59 Å². The van der Waals surface area contributed by atoms with Crippen molar-refractivity contribution in [3.05, 3.63) is 11.6 Å². The van der Waals surface area contributed by atoms with Gasteiger partial charge in [0.05, 0.1) is 18.8 Å². The molecule has 3 saturated heterocycles. The zero-order valence-electron chi connectivity index (χ0n) is 15.0. The molecule has 3 aliphatic heterocycles. The van der Waals surface area contributed by atoms with Crippen LogP contribution in [0.4, 0.5) is 0 Å². The van der Waals surface area contributed by atoms with E-state index in [1.54, 1.807) is 19.9 Å². The predicted molar refractivity (Wildman–Crippen MR) is 88.5 cm³/mol. The normalized spacial score (nSPS) is 44.7. The zero-order chi connectivity index (χ0) is 18.4. The van der Waals surface area contributed by atoms with Crippen molar-refractivity contribution in [1.29, 1.82) is 0 Å². The molecule has 3 aliphatic rings. The number of carbonyl (C=O) groups excluding carboxylic acids is 2. The highest BCUT2D eigenvalue weighted by atomic mass is 16.6. The number of hydrogen-bond acceptors (Lipinski definition) is 7. The van der Waals surface area contributed by atoms with Crippen LogP contribution in [-0.4, -0.2) is 70.6 Å². The van der Waals surface area contributed by atoms with Gasteiger partial charge in [0, 0.05) is 24.6 Å². The van der Waals surface area contributed by atoms with Gasteiger partial charge >= 0.3 is 11.9 Å². The number of carbonyl (C=O) groups is 2. The van der Waals surface area contributed by atoms with Crippen LogP contribution < -0.4 is 0 Å². The summed E-state index contributed by atoms with van der Waals surface area (Å²) < 4.78 is 11.1. The molecule has 6 atom stereocenters. The van der Waals surface area contributed by atoms with E-state index in [1.165, 1.54) is 6.92 Å². The van der Waals surface area contributed by atoms with Crippen molar-refractivity contribution in [3.63, 3.8) is 0 Å². The Balaban J connectivity index is 1.91. The van der Waals surface area contributed by atoms with Crippen molar-refractivity contribution in [2.45, 2.75) is 57.5 Å². The molecule has 140 valence electrons. The number of ether oxygens (including phenoxy) is 2. The molecule has 0 aromatic heterocycles. The Kier molecular flexibility index (Phi) is 4.92. The SMILES string of the molecule is C/C=C1\C[C@H](C)[C@@](C)(O)C(=O)OC[C@H]2[C@H]3[C@@H](CCN3C[C@H]2O)OC1=O. The molecular weight excluding hydrogens is 326 g/mol. The van der Waals surface area contributed by atoms with Crippen LogP contribution in [0.1, 0.15) is 33.6 Å². The van der Waals surface area contributed by atoms with Crippen LogP contribution in [0, 0.1) is 11.8 Å². The van der Waals surface area contributed by atoms with E-state index >= 15 is 0 Å². The summed E-state index contributed by atoms with van der Waals surface area (Å²) in [5.74, 6) is -1.97. The van der Waals surface area contributed by atoms with Crippen molar-refractivity contribution in [3.8, 4) is 0 Å². The molecule has 7 nitrogen and oxygen atoms in total. The van der Waals surface area contributed by atoms with E-state index in [9.17, 15) is 19.8 Å². The first kappa shape index (κ1) is 18.4. The van der Waals surface area contributed by atoms with Gasteiger partial charge in [-0.05, 0) is 32.6 Å². The van der Waals surface area contributed by atoms with Crippen molar-refractivity contribution < 1.29 is 29.3 Å². The highest BCUT2D eigenvalue weighted by molar-refractivity contribution is 5.89. The first-order chi connectivity index (χ1) is 11.8. The van der Waals surface area contributed by atoms with E-state index in [0.717, 1.165) is 6.54 Å². The van der Waals surface area contributed by atoms with Crippen molar-refractivity contribution in [2.24, 2.45) is 11.8 Å². The first-order valence-corrected chi connectivity index (χ1v) is 8.93. The number of rotatable bonds is 0. The second-order valence-corrected chi connectivity index (χ2v) is 7.61. The fraction of sp³-hybridized carbons (Fsp3) is 0.778. The number of aliphatic hydroxyl groups excluding tert-OH is 1. The van der Waals surface area contributed by atoms with E-state index < -0.39 is 29.6 Å². The van der Waals surface area contributed by atoms with Crippen molar-refractivity contribution in [2.75, 3.05) is 19.7 Å². The molecule has 0 aromatic carbocycles. The molecule has 0 spiro atoms. The minimum absolute atomic E-state index is 0.00849. The molecule has 3 heterocycles. The third-order valence-corrected chi connectivity index (χ3v) is 6.03. The summed E-state index contributed by atoms with van der Waals surface area (Å²) in [6.45, 7) is 6.07. The summed E-state index contributed by atoms with van der Waals surface area (Å²) in [6, 6.07) is -0.161. The maximum absolute atomic E-state index is 12.6.